The Morgan fingerprint density at radius 2 is 1.29 bits per heavy atom. The third-order valence-corrected chi connectivity index (χ3v) is 3.37. The molecule has 0 amide bonds. The largest absolute Gasteiger partial charge is 0.310 e. The van der Waals surface area contributed by atoms with Gasteiger partial charge in [-0.15, -0.1) is 0 Å². The van der Waals surface area contributed by atoms with Gasteiger partial charge in [0.2, 0.25) is 0 Å². The molecule has 0 spiro atoms. The van der Waals surface area contributed by atoms with Gasteiger partial charge in [0.15, 0.2) is 0 Å². The average molecular weight is 277 g/mol. The fourth-order valence-electron chi connectivity index (χ4n) is 2.33. The Hall–Kier alpha value is -2.61. The van der Waals surface area contributed by atoms with Gasteiger partial charge >= 0.3 is 0 Å². The van der Waals surface area contributed by atoms with Gasteiger partial charge in [-0.05, 0) is 49.4 Å². The van der Waals surface area contributed by atoms with Crippen molar-refractivity contribution < 1.29 is 4.39 Å². The molecule has 0 aliphatic heterocycles. The monoisotopic (exact) mass is 277 g/mol. The number of para-hydroxylation sites is 1. The highest BCUT2D eigenvalue weighted by molar-refractivity contribution is 5.76. The van der Waals surface area contributed by atoms with Crippen LogP contribution in [0, 0.1) is 12.7 Å². The maximum atomic E-state index is 13.6. The Kier molecular flexibility index (Phi) is 3.69. The van der Waals surface area contributed by atoms with Gasteiger partial charge in [0.05, 0.1) is 0 Å². The van der Waals surface area contributed by atoms with Gasteiger partial charge in [-0.1, -0.05) is 42.0 Å². The fourth-order valence-corrected chi connectivity index (χ4v) is 2.33. The third-order valence-electron chi connectivity index (χ3n) is 3.37. The summed E-state index contributed by atoms with van der Waals surface area (Å²) in [5, 5.41) is 0. The second-order valence-corrected chi connectivity index (χ2v) is 4.99. The van der Waals surface area contributed by atoms with Crippen molar-refractivity contribution >= 4 is 17.1 Å². The number of rotatable bonds is 3. The minimum atomic E-state index is -0.236. The SMILES string of the molecule is Cc1ccc(N(c2ccccc2)c2cccc(F)c2)cc1. The lowest BCUT2D eigenvalue weighted by molar-refractivity contribution is 0.628. The van der Waals surface area contributed by atoms with Gasteiger partial charge in [-0.2, -0.15) is 0 Å². The van der Waals surface area contributed by atoms with Crippen molar-refractivity contribution in [2.75, 3.05) is 4.90 Å². The molecule has 0 N–H and O–H groups in total. The van der Waals surface area contributed by atoms with E-state index in [4.69, 9.17) is 0 Å². The summed E-state index contributed by atoms with van der Waals surface area (Å²) >= 11 is 0. The highest BCUT2D eigenvalue weighted by atomic mass is 19.1. The second kappa shape index (κ2) is 5.80. The minimum absolute atomic E-state index is 0.236. The van der Waals surface area contributed by atoms with Crippen LogP contribution in [0.4, 0.5) is 21.5 Å². The van der Waals surface area contributed by atoms with Gasteiger partial charge in [0.25, 0.3) is 0 Å². The van der Waals surface area contributed by atoms with Crippen molar-refractivity contribution in [1.29, 1.82) is 0 Å². The van der Waals surface area contributed by atoms with Gasteiger partial charge in [-0.3, -0.25) is 0 Å². The van der Waals surface area contributed by atoms with E-state index in [0.717, 1.165) is 17.1 Å². The lowest BCUT2D eigenvalue weighted by atomic mass is 10.1. The van der Waals surface area contributed by atoms with Gasteiger partial charge in [0, 0.05) is 17.1 Å². The van der Waals surface area contributed by atoms with E-state index < -0.39 is 0 Å². The predicted molar refractivity (Wildman–Crippen MR) is 85.8 cm³/mol. The molecule has 1 nitrogen and oxygen atoms in total. The molecule has 2 heteroatoms. The summed E-state index contributed by atoms with van der Waals surface area (Å²) in [5.41, 5.74) is 4.03. The lowest BCUT2D eigenvalue weighted by Gasteiger charge is -2.25. The van der Waals surface area contributed by atoms with Crippen molar-refractivity contribution in [3.05, 3.63) is 90.2 Å². The predicted octanol–water partition coefficient (Wildman–Crippen LogP) is 5.60. The third kappa shape index (κ3) is 2.95. The molecule has 21 heavy (non-hydrogen) atoms. The zero-order valence-corrected chi connectivity index (χ0v) is 11.8. The van der Waals surface area contributed by atoms with E-state index in [1.54, 1.807) is 12.1 Å². The quantitative estimate of drug-likeness (QED) is 0.602. The molecule has 3 aromatic rings. The van der Waals surface area contributed by atoms with Crippen LogP contribution in [0.15, 0.2) is 78.9 Å². The van der Waals surface area contributed by atoms with Crippen molar-refractivity contribution in [1.82, 2.24) is 0 Å². The standard InChI is InChI=1S/C19H16FN/c1-15-10-12-18(13-11-15)21(17-7-3-2-4-8-17)19-9-5-6-16(20)14-19/h2-14H,1H3. The zero-order valence-electron chi connectivity index (χ0n) is 11.8. The van der Waals surface area contributed by atoms with Gasteiger partial charge in [-0.25, -0.2) is 4.39 Å². The number of hydrogen-bond donors (Lipinski definition) is 0. The summed E-state index contributed by atoms with van der Waals surface area (Å²) in [6.07, 6.45) is 0. The first-order valence-electron chi connectivity index (χ1n) is 6.91. The number of aryl methyl sites for hydroxylation is 1. The van der Waals surface area contributed by atoms with E-state index in [2.05, 4.69) is 19.1 Å². The van der Waals surface area contributed by atoms with Gasteiger partial charge in [0.1, 0.15) is 5.82 Å². The second-order valence-electron chi connectivity index (χ2n) is 4.99. The summed E-state index contributed by atoms with van der Waals surface area (Å²) in [6, 6.07) is 24.8. The van der Waals surface area contributed by atoms with Crippen LogP contribution in [0.1, 0.15) is 5.56 Å². The molecular weight excluding hydrogens is 261 g/mol. The molecule has 0 aromatic heterocycles. The van der Waals surface area contributed by atoms with E-state index >= 15 is 0 Å². The van der Waals surface area contributed by atoms with Crippen LogP contribution in [0.2, 0.25) is 0 Å². The smallest absolute Gasteiger partial charge is 0.125 e. The van der Waals surface area contributed by atoms with Crippen molar-refractivity contribution in [2.45, 2.75) is 6.92 Å². The maximum Gasteiger partial charge on any atom is 0.125 e. The Morgan fingerprint density at radius 1 is 0.667 bits per heavy atom. The van der Waals surface area contributed by atoms with E-state index in [-0.39, 0.29) is 5.82 Å². The maximum absolute atomic E-state index is 13.6. The van der Waals surface area contributed by atoms with Crippen molar-refractivity contribution in [3.63, 3.8) is 0 Å². The molecule has 3 aromatic carbocycles. The molecule has 0 atom stereocenters. The van der Waals surface area contributed by atoms with E-state index in [1.807, 2.05) is 53.4 Å². The first kappa shape index (κ1) is 13.4. The summed E-state index contributed by atoms with van der Waals surface area (Å²) < 4.78 is 13.6. The summed E-state index contributed by atoms with van der Waals surface area (Å²) in [6.45, 7) is 2.05. The Balaban J connectivity index is 2.13. The van der Waals surface area contributed by atoms with Crippen molar-refractivity contribution in [3.8, 4) is 0 Å². The van der Waals surface area contributed by atoms with Crippen LogP contribution in [-0.4, -0.2) is 0 Å². The topological polar surface area (TPSA) is 3.24 Å². The average Bonchev–Trinajstić information content (AvgIpc) is 2.51. The first-order valence-corrected chi connectivity index (χ1v) is 6.91. The summed E-state index contributed by atoms with van der Waals surface area (Å²) in [5.74, 6) is -0.236. The Morgan fingerprint density at radius 3 is 1.95 bits per heavy atom. The molecule has 0 heterocycles. The fraction of sp³-hybridized carbons (Fsp3) is 0.0526. The Bertz CT molecular complexity index is 720. The summed E-state index contributed by atoms with van der Waals surface area (Å²) in [4.78, 5) is 2.04. The molecule has 0 aliphatic carbocycles. The Labute approximate surface area is 124 Å². The molecule has 0 bridgehead atoms. The molecule has 0 unspecified atom stereocenters. The minimum Gasteiger partial charge on any atom is -0.310 e. The molecule has 104 valence electrons. The first-order chi connectivity index (χ1) is 10.2. The van der Waals surface area contributed by atoms with Crippen LogP contribution in [0.25, 0.3) is 0 Å². The summed E-state index contributed by atoms with van der Waals surface area (Å²) in [7, 11) is 0. The zero-order chi connectivity index (χ0) is 14.7. The van der Waals surface area contributed by atoms with Crippen LogP contribution in [-0.2, 0) is 0 Å². The molecule has 0 aliphatic rings. The van der Waals surface area contributed by atoms with Gasteiger partial charge < -0.3 is 4.90 Å². The van der Waals surface area contributed by atoms with E-state index in [0.29, 0.717) is 0 Å². The van der Waals surface area contributed by atoms with Crippen LogP contribution < -0.4 is 4.90 Å². The van der Waals surface area contributed by atoms with Crippen LogP contribution in [0.5, 0.6) is 0 Å². The van der Waals surface area contributed by atoms with Crippen molar-refractivity contribution in [2.24, 2.45) is 0 Å². The van der Waals surface area contributed by atoms with E-state index in [1.165, 1.54) is 11.6 Å². The molecule has 0 saturated heterocycles. The normalized spacial score (nSPS) is 10.4. The molecule has 3 rings (SSSR count). The molecular formula is C19H16FN. The van der Waals surface area contributed by atoms with Crippen LogP contribution >= 0.6 is 0 Å². The lowest BCUT2D eigenvalue weighted by Crippen LogP contribution is -2.09. The molecule has 0 radical (unpaired) electrons. The number of hydrogen-bond acceptors (Lipinski definition) is 1. The number of nitrogens with zero attached hydrogens (tertiary/aromatic N) is 1. The molecule has 0 fully saturated rings. The number of halogens is 1. The van der Waals surface area contributed by atoms with E-state index in [9.17, 15) is 4.39 Å². The number of anilines is 3. The molecule has 0 saturated carbocycles. The van der Waals surface area contributed by atoms with Crippen LogP contribution in [0.3, 0.4) is 0 Å². The number of benzene rings is 3. The highest BCUT2D eigenvalue weighted by Gasteiger charge is 2.12. The highest BCUT2D eigenvalue weighted by Crippen LogP contribution is 2.34.